The fourth-order valence-corrected chi connectivity index (χ4v) is 2.58. The van der Waals surface area contributed by atoms with E-state index >= 15 is 0 Å². The van der Waals surface area contributed by atoms with Crippen LogP contribution in [0, 0.1) is 19.8 Å². The maximum absolute atomic E-state index is 12.7. The Kier molecular flexibility index (Phi) is 6.21. The average molecular weight is 359 g/mol. The van der Waals surface area contributed by atoms with Gasteiger partial charge in [0.2, 0.25) is 5.91 Å². The zero-order chi connectivity index (χ0) is 18.6. The Morgan fingerprint density at radius 1 is 1.00 bits per heavy atom. The second-order valence-corrected chi connectivity index (χ2v) is 6.88. The zero-order valence-corrected chi connectivity index (χ0v) is 15.6. The van der Waals surface area contributed by atoms with Gasteiger partial charge in [0.15, 0.2) is 0 Å². The highest BCUT2D eigenvalue weighted by Crippen LogP contribution is 2.19. The Labute approximate surface area is 153 Å². The molecule has 25 heavy (non-hydrogen) atoms. The predicted octanol–water partition coefficient (Wildman–Crippen LogP) is 4.35. The van der Waals surface area contributed by atoms with E-state index in [-0.39, 0.29) is 17.7 Å². The molecule has 0 saturated heterocycles. The predicted molar refractivity (Wildman–Crippen MR) is 102 cm³/mol. The van der Waals surface area contributed by atoms with Gasteiger partial charge in [0.25, 0.3) is 5.91 Å². The highest BCUT2D eigenvalue weighted by molar-refractivity contribution is 6.30. The molecule has 0 fully saturated rings. The number of rotatable bonds is 5. The third-order valence-corrected chi connectivity index (χ3v) is 4.46. The molecule has 2 N–H and O–H groups in total. The number of carbonyl (C=O) groups excluding carboxylic acids is 2. The van der Waals surface area contributed by atoms with Crippen molar-refractivity contribution in [1.29, 1.82) is 0 Å². The summed E-state index contributed by atoms with van der Waals surface area (Å²) < 4.78 is 0. The van der Waals surface area contributed by atoms with Gasteiger partial charge >= 0.3 is 0 Å². The van der Waals surface area contributed by atoms with Gasteiger partial charge in [0.05, 0.1) is 0 Å². The lowest BCUT2D eigenvalue weighted by atomic mass is 10.0. The maximum atomic E-state index is 12.7. The van der Waals surface area contributed by atoms with E-state index in [2.05, 4.69) is 10.6 Å². The summed E-state index contributed by atoms with van der Waals surface area (Å²) in [5.74, 6) is -0.584. The first kappa shape index (κ1) is 19.0. The van der Waals surface area contributed by atoms with Crippen LogP contribution in [-0.4, -0.2) is 17.9 Å². The summed E-state index contributed by atoms with van der Waals surface area (Å²) in [4.78, 5) is 25.1. The minimum absolute atomic E-state index is 0.0543. The summed E-state index contributed by atoms with van der Waals surface area (Å²) in [6.45, 7) is 7.75. The Morgan fingerprint density at radius 2 is 1.64 bits per heavy atom. The van der Waals surface area contributed by atoms with Crippen LogP contribution < -0.4 is 10.6 Å². The van der Waals surface area contributed by atoms with Crippen molar-refractivity contribution in [3.8, 4) is 0 Å². The fraction of sp³-hybridized carbons (Fsp3) is 0.300. The second kappa shape index (κ2) is 8.17. The van der Waals surface area contributed by atoms with Gasteiger partial charge in [-0.1, -0.05) is 37.6 Å². The molecular formula is C20H23ClN2O2. The van der Waals surface area contributed by atoms with Crippen LogP contribution >= 0.6 is 11.6 Å². The third-order valence-electron chi connectivity index (χ3n) is 4.20. The highest BCUT2D eigenvalue weighted by Gasteiger charge is 2.25. The van der Waals surface area contributed by atoms with Crippen LogP contribution in [0.1, 0.15) is 35.3 Å². The molecule has 0 aliphatic heterocycles. The van der Waals surface area contributed by atoms with Crippen LogP contribution in [0.5, 0.6) is 0 Å². The van der Waals surface area contributed by atoms with Crippen LogP contribution in [0.25, 0.3) is 0 Å². The van der Waals surface area contributed by atoms with Crippen LogP contribution in [-0.2, 0) is 4.79 Å². The monoisotopic (exact) mass is 358 g/mol. The second-order valence-electron chi connectivity index (χ2n) is 6.44. The molecule has 0 unspecified atom stereocenters. The number of halogens is 1. The van der Waals surface area contributed by atoms with Gasteiger partial charge in [-0.3, -0.25) is 9.59 Å². The molecule has 0 aliphatic carbocycles. The molecule has 0 aromatic heterocycles. The third kappa shape index (κ3) is 4.83. The van der Waals surface area contributed by atoms with Crippen molar-refractivity contribution in [2.45, 2.75) is 33.7 Å². The zero-order valence-electron chi connectivity index (χ0n) is 14.9. The first-order valence-corrected chi connectivity index (χ1v) is 8.61. The van der Waals surface area contributed by atoms with Crippen molar-refractivity contribution in [3.63, 3.8) is 0 Å². The molecular weight excluding hydrogens is 336 g/mol. The summed E-state index contributed by atoms with van der Waals surface area (Å²) in [6, 6.07) is 11.7. The first-order chi connectivity index (χ1) is 11.8. The van der Waals surface area contributed by atoms with Crippen molar-refractivity contribution < 1.29 is 9.59 Å². The molecule has 0 aliphatic rings. The van der Waals surface area contributed by atoms with E-state index in [0.717, 1.165) is 16.8 Å². The Balaban J connectivity index is 2.14. The Morgan fingerprint density at radius 3 is 2.24 bits per heavy atom. The summed E-state index contributed by atoms with van der Waals surface area (Å²) in [5.41, 5.74) is 3.34. The van der Waals surface area contributed by atoms with Crippen LogP contribution in [0.3, 0.4) is 0 Å². The van der Waals surface area contributed by atoms with Gasteiger partial charge < -0.3 is 10.6 Å². The van der Waals surface area contributed by atoms with E-state index in [9.17, 15) is 9.59 Å². The number of aryl methyl sites for hydroxylation is 1. The van der Waals surface area contributed by atoms with E-state index in [4.69, 9.17) is 11.6 Å². The molecule has 2 aromatic carbocycles. The van der Waals surface area contributed by atoms with Gasteiger partial charge in [-0.05, 0) is 61.2 Å². The normalized spacial score (nSPS) is 11.9. The van der Waals surface area contributed by atoms with Crippen LogP contribution in [0.2, 0.25) is 5.02 Å². The SMILES string of the molecule is Cc1cccc(NC(=O)[C@@H](NC(=O)c2ccc(Cl)cc2)C(C)C)c1C. The number of amides is 2. The van der Waals surface area contributed by atoms with Gasteiger partial charge in [-0.2, -0.15) is 0 Å². The standard InChI is InChI=1S/C20H23ClN2O2/c1-12(2)18(23-19(24)15-8-10-16(21)11-9-15)20(25)22-17-7-5-6-13(3)14(17)4/h5-12,18H,1-4H3,(H,22,25)(H,23,24)/t18-/m0/s1. The lowest BCUT2D eigenvalue weighted by molar-refractivity contribution is -0.118. The van der Waals surface area contributed by atoms with Crippen LogP contribution in [0.4, 0.5) is 5.69 Å². The van der Waals surface area contributed by atoms with Gasteiger partial charge in [0.1, 0.15) is 6.04 Å². The molecule has 0 heterocycles. The number of anilines is 1. The summed E-state index contributed by atoms with van der Waals surface area (Å²) >= 11 is 5.84. The number of hydrogen-bond acceptors (Lipinski definition) is 2. The lowest BCUT2D eigenvalue weighted by Gasteiger charge is -2.22. The molecule has 2 aromatic rings. The molecule has 5 heteroatoms. The van der Waals surface area contributed by atoms with Gasteiger partial charge in [0, 0.05) is 16.3 Å². The summed E-state index contributed by atoms with van der Waals surface area (Å²) in [6.07, 6.45) is 0. The Bertz CT molecular complexity index is 770. The molecule has 132 valence electrons. The number of carbonyl (C=O) groups is 2. The molecule has 4 nitrogen and oxygen atoms in total. The maximum Gasteiger partial charge on any atom is 0.251 e. The van der Waals surface area contributed by atoms with E-state index < -0.39 is 6.04 Å². The van der Waals surface area contributed by atoms with E-state index in [1.165, 1.54) is 0 Å². The topological polar surface area (TPSA) is 58.2 Å². The molecule has 2 rings (SSSR count). The quantitative estimate of drug-likeness (QED) is 0.834. The number of hydrogen-bond donors (Lipinski definition) is 2. The largest absolute Gasteiger partial charge is 0.340 e. The van der Waals surface area contributed by atoms with E-state index in [1.807, 2.05) is 45.9 Å². The van der Waals surface area contributed by atoms with Gasteiger partial charge in [-0.25, -0.2) is 0 Å². The van der Waals surface area contributed by atoms with Crippen molar-refractivity contribution in [2.24, 2.45) is 5.92 Å². The molecule has 0 spiro atoms. The van der Waals surface area contributed by atoms with Crippen LogP contribution in [0.15, 0.2) is 42.5 Å². The minimum Gasteiger partial charge on any atom is -0.340 e. The van der Waals surface area contributed by atoms with Crippen molar-refractivity contribution in [1.82, 2.24) is 5.32 Å². The Hall–Kier alpha value is -2.33. The number of nitrogens with one attached hydrogen (secondary N) is 2. The summed E-state index contributed by atoms with van der Waals surface area (Å²) in [7, 11) is 0. The number of benzene rings is 2. The highest BCUT2D eigenvalue weighted by atomic mass is 35.5. The van der Waals surface area contributed by atoms with E-state index in [1.54, 1.807) is 24.3 Å². The fourth-order valence-electron chi connectivity index (χ4n) is 2.46. The smallest absolute Gasteiger partial charge is 0.251 e. The molecule has 2 amide bonds. The lowest BCUT2D eigenvalue weighted by Crippen LogP contribution is -2.47. The van der Waals surface area contributed by atoms with Crippen molar-refractivity contribution >= 4 is 29.1 Å². The van der Waals surface area contributed by atoms with Crippen molar-refractivity contribution in [3.05, 3.63) is 64.2 Å². The molecule has 1 atom stereocenters. The minimum atomic E-state index is -0.636. The van der Waals surface area contributed by atoms with Crippen molar-refractivity contribution in [2.75, 3.05) is 5.32 Å². The van der Waals surface area contributed by atoms with Gasteiger partial charge in [-0.15, -0.1) is 0 Å². The molecule has 0 radical (unpaired) electrons. The molecule has 0 bridgehead atoms. The first-order valence-electron chi connectivity index (χ1n) is 8.23. The van der Waals surface area contributed by atoms with E-state index in [0.29, 0.717) is 10.6 Å². The summed E-state index contributed by atoms with van der Waals surface area (Å²) in [5, 5.41) is 6.30. The average Bonchev–Trinajstić information content (AvgIpc) is 2.56. The molecule has 0 saturated carbocycles.